The Kier molecular flexibility index (Phi) is 2.24. The van der Waals surface area contributed by atoms with Crippen LogP contribution < -0.4 is 11.5 Å². The summed E-state index contributed by atoms with van der Waals surface area (Å²) in [5.41, 5.74) is 12.7. The van der Waals surface area contributed by atoms with Crippen LogP contribution in [0, 0.1) is 0 Å². The lowest BCUT2D eigenvalue weighted by molar-refractivity contribution is 0.633. The number of rotatable bonds is 1. The first-order valence-corrected chi connectivity index (χ1v) is 3.66. The molecule has 0 spiro atoms. The van der Waals surface area contributed by atoms with E-state index in [0.717, 1.165) is 11.3 Å². The quantitative estimate of drug-likeness (QED) is 0.606. The molecule has 0 fully saturated rings. The van der Waals surface area contributed by atoms with Gasteiger partial charge in [0.15, 0.2) is 0 Å². The first-order valence-electron chi connectivity index (χ1n) is 3.66. The molecular formula is C9H13N3. The second-order valence-corrected chi connectivity index (χ2v) is 2.73. The molecule has 0 saturated carbocycles. The molecule has 3 nitrogen and oxygen atoms in total. The maximum Gasteiger partial charge on any atom is 0.110 e. The van der Waals surface area contributed by atoms with Gasteiger partial charge in [-0.1, -0.05) is 12.7 Å². The van der Waals surface area contributed by atoms with E-state index in [1.807, 2.05) is 25.3 Å². The molecule has 1 rings (SSSR count). The fraction of sp³-hybridized carbons (Fsp3) is 0.111. The van der Waals surface area contributed by atoms with Gasteiger partial charge < -0.3 is 16.4 Å². The molecule has 0 aromatic heterocycles. The minimum atomic E-state index is 0.274. The van der Waals surface area contributed by atoms with Crippen molar-refractivity contribution in [3.8, 4) is 0 Å². The molecule has 0 amide bonds. The van der Waals surface area contributed by atoms with Gasteiger partial charge in [-0.25, -0.2) is 0 Å². The van der Waals surface area contributed by atoms with Gasteiger partial charge in [0.25, 0.3) is 0 Å². The van der Waals surface area contributed by atoms with Crippen LogP contribution >= 0.6 is 0 Å². The highest BCUT2D eigenvalue weighted by Crippen LogP contribution is 2.14. The van der Waals surface area contributed by atoms with Crippen molar-refractivity contribution in [1.29, 1.82) is 0 Å². The van der Waals surface area contributed by atoms with Crippen LogP contribution in [-0.2, 0) is 0 Å². The van der Waals surface area contributed by atoms with Crippen molar-refractivity contribution in [2.45, 2.75) is 6.92 Å². The molecule has 0 unspecified atom stereocenters. The molecule has 4 N–H and O–H groups in total. The molecule has 0 radical (unpaired) electrons. The molecule has 0 aromatic carbocycles. The van der Waals surface area contributed by atoms with Crippen molar-refractivity contribution < 1.29 is 0 Å². The van der Waals surface area contributed by atoms with Crippen LogP contribution in [-0.4, -0.2) is 4.90 Å². The third-order valence-electron chi connectivity index (χ3n) is 1.50. The second-order valence-electron chi connectivity index (χ2n) is 2.73. The summed E-state index contributed by atoms with van der Waals surface area (Å²) in [5, 5.41) is 0. The van der Waals surface area contributed by atoms with Crippen molar-refractivity contribution in [3.05, 3.63) is 48.2 Å². The highest BCUT2D eigenvalue weighted by atomic mass is 15.1. The van der Waals surface area contributed by atoms with E-state index in [1.165, 1.54) is 0 Å². The summed E-state index contributed by atoms with van der Waals surface area (Å²) in [4.78, 5) is 1.80. The van der Waals surface area contributed by atoms with Crippen LogP contribution in [0.3, 0.4) is 0 Å². The molecule has 1 heterocycles. The van der Waals surface area contributed by atoms with Crippen molar-refractivity contribution in [3.63, 3.8) is 0 Å². The zero-order valence-corrected chi connectivity index (χ0v) is 7.12. The Labute approximate surface area is 72.3 Å². The summed E-state index contributed by atoms with van der Waals surface area (Å²) in [7, 11) is 0. The van der Waals surface area contributed by atoms with Crippen molar-refractivity contribution in [1.82, 2.24) is 4.90 Å². The van der Waals surface area contributed by atoms with Crippen LogP contribution in [0.5, 0.6) is 0 Å². The van der Waals surface area contributed by atoms with E-state index in [-0.39, 0.29) is 5.82 Å². The van der Waals surface area contributed by atoms with Crippen LogP contribution in [0.4, 0.5) is 0 Å². The maximum atomic E-state index is 5.33. The van der Waals surface area contributed by atoms with Crippen molar-refractivity contribution in [2.24, 2.45) is 11.5 Å². The van der Waals surface area contributed by atoms with E-state index in [9.17, 15) is 0 Å². The van der Waals surface area contributed by atoms with Gasteiger partial charge in [-0.05, 0) is 18.6 Å². The van der Waals surface area contributed by atoms with Gasteiger partial charge in [0.1, 0.15) is 5.82 Å². The molecule has 1 aliphatic heterocycles. The van der Waals surface area contributed by atoms with Gasteiger partial charge in [0.2, 0.25) is 0 Å². The summed E-state index contributed by atoms with van der Waals surface area (Å²) in [6, 6.07) is 0. The lowest BCUT2D eigenvalue weighted by Gasteiger charge is -2.20. The minimum Gasteiger partial charge on any atom is -0.384 e. The zero-order chi connectivity index (χ0) is 9.14. The first kappa shape index (κ1) is 8.46. The van der Waals surface area contributed by atoms with Crippen LogP contribution in [0.15, 0.2) is 48.2 Å². The molecule has 0 atom stereocenters. The van der Waals surface area contributed by atoms with E-state index in [0.29, 0.717) is 0 Å². The Hall–Kier alpha value is -1.64. The van der Waals surface area contributed by atoms with E-state index >= 15 is 0 Å². The topological polar surface area (TPSA) is 55.3 Å². The Bertz CT molecular complexity index is 280. The SMILES string of the molecule is C=C1C=CC(C)=CN1C=C(N)N. The number of allylic oxidation sites excluding steroid dienone is 3. The standard InChI is InChI=1S/C9H13N3/c1-7-3-4-8(2)12(5-7)6-9(10)11/h3-6H,2,10-11H2,1H3. The number of nitrogens with two attached hydrogens (primary N) is 2. The third kappa shape index (κ3) is 1.92. The third-order valence-corrected chi connectivity index (χ3v) is 1.50. The zero-order valence-electron chi connectivity index (χ0n) is 7.12. The predicted molar refractivity (Wildman–Crippen MR) is 50.3 cm³/mol. The maximum absolute atomic E-state index is 5.33. The average molecular weight is 163 g/mol. The predicted octanol–water partition coefficient (Wildman–Crippen LogP) is 0.992. The number of hydrogen-bond acceptors (Lipinski definition) is 3. The average Bonchev–Trinajstić information content (AvgIpc) is 1.96. The molecule has 0 saturated heterocycles. The van der Waals surface area contributed by atoms with Gasteiger partial charge in [-0.3, -0.25) is 0 Å². The van der Waals surface area contributed by atoms with Crippen LogP contribution in [0.2, 0.25) is 0 Å². The largest absolute Gasteiger partial charge is 0.384 e. The van der Waals surface area contributed by atoms with E-state index < -0.39 is 0 Å². The normalized spacial score (nSPS) is 15.9. The lowest BCUT2D eigenvalue weighted by Crippen LogP contribution is -2.17. The smallest absolute Gasteiger partial charge is 0.110 e. The Balaban J connectivity index is 2.85. The summed E-state index contributed by atoms with van der Waals surface area (Å²) in [5.74, 6) is 0.274. The molecule has 1 aliphatic rings. The molecule has 12 heavy (non-hydrogen) atoms. The summed E-state index contributed by atoms with van der Waals surface area (Å²) in [6.07, 6.45) is 7.45. The van der Waals surface area contributed by atoms with Gasteiger partial charge in [0.05, 0.1) is 0 Å². The highest BCUT2D eigenvalue weighted by molar-refractivity contribution is 5.32. The monoisotopic (exact) mass is 163 g/mol. The molecule has 0 aliphatic carbocycles. The number of hydrogen-bond donors (Lipinski definition) is 2. The molecule has 3 heteroatoms. The fourth-order valence-corrected chi connectivity index (χ4v) is 0.940. The number of nitrogens with zero attached hydrogens (tertiary/aromatic N) is 1. The van der Waals surface area contributed by atoms with E-state index in [2.05, 4.69) is 6.58 Å². The Morgan fingerprint density at radius 1 is 1.50 bits per heavy atom. The van der Waals surface area contributed by atoms with Gasteiger partial charge >= 0.3 is 0 Å². The van der Waals surface area contributed by atoms with Crippen molar-refractivity contribution in [2.75, 3.05) is 0 Å². The van der Waals surface area contributed by atoms with E-state index in [4.69, 9.17) is 11.5 Å². The van der Waals surface area contributed by atoms with Gasteiger partial charge in [-0.2, -0.15) is 0 Å². The molecule has 64 valence electrons. The van der Waals surface area contributed by atoms with Crippen LogP contribution in [0.25, 0.3) is 0 Å². The fourth-order valence-electron chi connectivity index (χ4n) is 0.940. The summed E-state index contributed by atoms with van der Waals surface area (Å²) < 4.78 is 0. The molecule has 0 bridgehead atoms. The van der Waals surface area contributed by atoms with Crippen molar-refractivity contribution >= 4 is 0 Å². The summed E-state index contributed by atoms with van der Waals surface area (Å²) in [6.45, 7) is 5.82. The first-order chi connectivity index (χ1) is 5.59. The second kappa shape index (κ2) is 3.17. The molecule has 0 aromatic rings. The Morgan fingerprint density at radius 2 is 2.17 bits per heavy atom. The summed E-state index contributed by atoms with van der Waals surface area (Å²) >= 11 is 0. The minimum absolute atomic E-state index is 0.274. The van der Waals surface area contributed by atoms with Gasteiger partial charge in [-0.15, -0.1) is 0 Å². The Morgan fingerprint density at radius 3 is 2.75 bits per heavy atom. The van der Waals surface area contributed by atoms with Crippen LogP contribution in [0.1, 0.15) is 6.92 Å². The van der Waals surface area contributed by atoms with E-state index in [1.54, 1.807) is 11.1 Å². The van der Waals surface area contributed by atoms with Gasteiger partial charge in [0, 0.05) is 18.1 Å². The highest BCUT2D eigenvalue weighted by Gasteiger charge is 2.03. The lowest BCUT2D eigenvalue weighted by atomic mass is 10.2. The molecular weight excluding hydrogens is 150 g/mol.